The van der Waals surface area contributed by atoms with Crippen molar-refractivity contribution < 1.29 is 28.5 Å². The van der Waals surface area contributed by atoms with Crippen molar-refractivity contribution in [1.29, 1.82) is 0 Å². The van der Waals surface area contributed by atoms with Crippen LogP contribution < -0.4 is 9.47 Å². The van der Waals surface area contributed by atoms with Crippen LogP contribution in [0.4, 0.5) is 0 Å². The van der Waals surface area contributed by atoms with E-state index in [2.05, 4.69) is 6.92 Å². The van der Waals surface area contributed by atoms with Gasteiger partial charge in [0, 0.05) is 12.0 Å². The summed E-state index contributed by atoms with van der Waals surface area (Å²) in [6.45, 7) is 5.78. The van der Waals surface area contributed by atoms with Gasteiger partial charge in [-0.2, -0.15) is 0 Å². The summed E-state index contributed by atoms with van der Waals surface area (Å²) in [5.41, 5.74) is 0.634. The molecule has 6 nitrogen and oxygen atoms in total. The lowest BCUT2D eigenvalue weighted by atomic mass is 9.90. The van der Waals surface area contributed by atoms with Crippen LogP contribution in [0.1, 0.15) is 30.1 Å². The molecule has 1 aliphatic rings. The van der Waals surface area contributed by atoms with Crippen LogP contribution in [0.25, 0.3) is 0 Å². The second kappa shape index (κ2) is 8.89. The Labute approximate surface area is 143 Å². The van der Waals surface area contributed by atoms with Crippen LogP contribution in [0, 0.1) is 5.41 Å². The van der Waals surface area contributed by atoms with Crippen LogP contribution in [-0.4, -0.2) is 53.2 Å². The molecular weight excluding hydrogens is 312 g/mol. The van der Waals surface area contributed by atoms with Crippen molar-refractivity contribution in [1.82, 2.24) is 0 Å². The highest BCUT2D eigenvalue weighted by molar-refractivity contribution is 5.90. The number of hydrogen-bond acceptors (Lipinski definition) is 6. The van der Waals surface area contributed by atoms with E-state index in [1.807, 2.05) is 0 Å². The predicted molar refractivity (Wildman–Crippen MR) is 88.8 cm³/mol. The molecular formula is C18H26O6. The minimum Gasteiger partial charge on any atom is -0.493 e. The van der Waals surface area contributed by atoms with Crippen molar-refractivity contribution in [2.24, 2.45) is 5.41 Å². The van der Waals surface area contributed by atoms with E-state index < -0.39 is 5.97 Å². The summed E-state index contributed by atoms with van der Waals surface area (Å²) >= 11 is 0. The number of benzene rings is 1. The van der Waals surface area contributed by atoms with Gasteiger partial charge in [-0.15, -0.1) is 0 Å². The molecule has 1 aliphatic heterocycles. The highest BCUT2D eigenvalue weighted by atomic mass is 16.5. The molecule has 134 valence electrons. The Morgan fingerprint density at radius 2 is 1.92 bits per heavy atom. The Bertz CT molecular complexity index is 538. The summed E-state index contributed by atoms with van der Waals surface area (Å²) in [6.07, 6.45) is 1.81. The van der Waals surface area contributed by atoms with Crippen LogP contribution in [0.5, 0.6) is 11.5 Å². The number of esters is 1. The van der Waals surface area contributed by atoms with Gasteiger partial charge >= 0.3 is 5.97 Å². The maximum atomic E-state index is 11.5. The first-order valence-corrected chi connectivity index (χ1v) is 8.13. The number of rotatable bonds is 10. The Morgan fingerprint density at radius 1 is 1.17 bits per heavy atom. The van der Waals surface area contributed by atoms with Gasteiger partial charge in [0.05, 0.1) is 46.2 Å². The lowest BCUT2D eigenvalue weighted by Gasteiger charge is -2.37. The largest absolute Gasteiger partial charge is 0.493 e. The fourth-order valence-corrected chi connectivity index (χ4v) is 2.37. The van der Waals surface area contributed by atoms with Gasteiger partial charge in [0.2, 0.25) is 0 Å². The number of carbonyl (C=O) groups is 1. The monoisotopic (exact) mass is 338 g/mol. The van der Waals surface area contributed by atoms with Gasteiger partial charge in [-0.3, -0.25) is 0 Å². The van der Waals surface area contributed by atoms with Crippen molar-refractivity contribution >= 4 is 5.97 Å². The zero-order valence-electron chi connectivity index (χ0n) is 14.6. The maximum Gasteiger partial charge on any atom is 0.337 e. The van der Waals surface area contributed by atoms with E-state index in [-0.39, 0.29) is 5.41 Å². The number of unbranched alkanes of at least 4 members (excludes halogenated alkanes) is 1. The maximum absolute atomic E-state index is 11.5. The van der Waals surface area contributed by atoms with Gasteiger partial charge in [-0.05, 0) is 31.0 Å². The van der Waals surface area contributed by atoms with E-state index in [9.17, 15) is 4.79 Å². The number of hydrogen-bond donors (Lipinski definition) is 0. The summed E-state index contributed by atoms with van der Waals surface area (Å²) in [6, 6.07) is 5.00. The zero-order chi connectivity index (χ0) is 17.4. The van der Waals surface area contributed by atoms with Crippen molar-refractivity contribution in [3.63, 3.8) is 0 Å². The first-order chi connectivity index (χ1) is 11.6. The van der Waals surface area contributed by atoms with Crippen LogP contribution in [-0.2, 0) is 14.2 Å². The SMILES string of the molecule is COC(=O)c1ccc(OCCCCOCC2(C)COC2)c(OC)c1. The summed E-state index contributed by atoms with van der Waals surface area (Å²) in [5.74, 6) is 0.736. The highest BCUT2D eigenvalue weighted by Crippen LogP contribution is 2.29. The van der Waals surface area contributed by atoms with E-state index in [0.29, 0.717) is 23.7 Å². The van der Waals surface area contributed by atoms with Crippen LogP contribution in [0.3, 0.4) is 0 Å². The third-order valence-corrected chi connectivity index (χ3v) is 3.88. The summed E-state index contributed by atoms with van der Waals surface area (Å²) in [5, 5.41) is 0. The third-order valence-electron chi connectivity index (χ3n) is 3.88. The average molecular weight is 338 g/mol. The van der Waals surface area contributed by atoms with Gasteiger partial charge < -0.3 is 23.7 Å². The second-order valence-corrected chi connectivity index (χ2v) is 6.27. The number of ether oxygens (including phenoxy) is 5. The fourth-order valence-electron chi connectivity index (χ4n) is 2.37. The van der Waals surface area contributed by atoms with E-state index >= 15 is 0 Å². The van der Waals surface area contributed by atoms with Crippen LogP contribution >= 0.6 is 0 Å². The average Bonchev–Trinajstić information content (AvgIpc) is 2.58. The molecule has 0 saturated carbocycles. The number of methoxy groups -OCH3 is 2. The van der Waals surface area contributed by atoms with Crippen molar-refractivity contribution in [3.8, 4) is 11.5 Å². The third kappa shape index (κ3) is 5.11. The zero-order valence-corrected chi connectivity index (χ0v) is 14.6. The minimum absolute atomic E-state index is 0.200. The van der Waals surface area contributed by atoms with Crippen LogP contribution in [0.15, 0.2) is 18.2 Å². The van der Waals surface area contributed by atoms with Gasteiger partial charge in [0.1, 0.15) is 0 Å². The molecule has 0 aromatic heterocycles. The highest BCUT2D eigenvalue weighted by Gasteiger charge is 2.33. The molecule has 0 amide bonds. The van der Waals surface area contributed by atoms with Crippen molar-refractivity contribution in [3.05, 3.63) is 23.8 Å². The van der Waals surface area contributed by atoms with E-state index in [0.717, 1.165) is 39.3 Å². The summed E-state index contributed by atoms with van der Waals surface area (Å²) < 4.78 is 26.6. The molecule has 1 heterocycles. The molecule has 0 N–H and O–H groups in total. The molecule has 0 spiro atoms. The predicted octanol–water partition coefficient (Wildman–Crippen LogP) is 2.69. The molecule has 2 rings (SSSR count). The Morgan fingerprint density at radius 3 is 2.54 bits per heavy atom. The molecule has 24 heavy (non-hydrogen) atoms. The Balaban J connectivity index is 1.67. The minimum atomic E-state index is -0.400. The molecule has 0 unspecified atom stereocenters. The van der Waals surface area contributed by atoms with E-state index in [1.165, 1.54) is 7.11 Å². The molecule has 0 atom stereocenters. The van der Waals surface area contributed by atoms with E-state index in [4.69, 9.17) is 23.7 Å². The Kier molecular flexibility index (Phi) is 6.87. The normalized spacial score (nSPS) is 15.5. The van der Waals surface area contributed by atoms with Crippen molar-refractivity contribution in [2.75, 3.05) is 47.3 Å². The molecule has 6 heteroatoms. The van der Waals surface area contributed by atoms with Crippen LogP contribution in [0.2, 0.25) is 0 Å². The molecule has 1 aromatic rings. The number of carbonyl (C=O) groups excluding carboxylic acids is 1. The molecule has 1 saturated heterocycles. The molecule has 0 aliphatic carbocycles. The standard InChI is InChI=1S/C18H26O6/c1-18(12-23-13-18)11-22-8-4-5-9-24-15-7-6-14(17(19)21-3)10-16(15)20-2/h6-7,10H,4-5,8-9,11-13H2,1-3H3. The van der Waals surface area contributed by atoms with Gasteiger partial charge in [0.15, 0.2) is 11.5 Å². The van der Waals surface area contributed by atoms with Gasteiger partial charge in [0.25, 0.3) is 0 Å². The summed E-state index contributed by atoms with van der Waals surface area (Å²) in [4.78, 5) is 11.5. The quantitative estimate of drug-likeness (QED) is 0.483. The topological polar surface area (TPSA) is 63.2 Å². The lowest BCUT2D eigenvalue weighted by Crippen LogP contribution is -2.43. The molecule has 0 bridgehead atoms. The summed E-state index contributed by atoms with van der Waals surface area (Å²) in [7, 11) is 2.89. The lowest BCUT2D eigenvalue weighted by molar-refractivity contribution is -0.138. The molecule has 0 radical (unpaired) electrons. The van der Waals surface area contributed by atoms with Gasteiger partial charge in [-0.25, -0.2) is 4.79 Å². The second-order valence-electron chi connectivity index (χ2n) is 6.27. The fraction of sp³-hybridized carbons (Fsp3) is 0.611. The first-order valence-electron chi connectivity index (χ1n) is 8.13. The first kappa shape index (κ1) is 18.5. The molecule has 1 fully saturated rings. The van der Waals surface area contributed by atoms with Crippen molar-refractivity contribution in [2.45, 2.75) is 19.8 Å². The van der Waals surface area contributed by atoms with E-state index in [1.54, 1.807) is 25.3 Å². The van der Waals surface area contributed by atoms with Gasteiger partial charge in [-0.1, -0.05) is 6.92 Å². The Hall–Kier alpha value is -1.79. The smallest absolute Gasteiger partial charge is 0.337 e. The molecule has 1 aromatic carbocycles.